The van der Waals surface area contributed by atoms with E-state index in [4.69, 9.17) is 20.3 Å². The monoisotopic (exact) mass is 475 g/mol. The molecule has 1 unspecified atom stereocenters. The van der Waals surface area contributed by atoms with Crippen molar-refractivity contribution in [2.75, 3.05) is 12.3 Å². The summed E-state index contributed by atoms with van der Waals surface area (Å²) < 4.78 is 36.8. The molecule has 1 aliphatic rings. The van der Waals surface area contributed by atoms with Crippen LogP contribution in [0.5, 0.6) is 0 Å². The first kappa shape index (κ1) is 27.5. The average Bonchev–Trinajstić information content (AvgIpc) is 3.07. The number of nitrogens with zero attached hydrogens (tertiary/aromatic N) is 4. The first-order valence-corrected chi connectivity index (χ1v) is 10.2. The van der Waals surface area contributed by atoms with Crippen molar-refractivity contribution in [3.63, 3.8) is 0 Å². The summed E-state index contributed by atoms with van der Waals surface area (Å²) in [5.41, 5.74) is 6.11. The Bertz CT molecular complexity index is 943. The van der Waals surface area contributed by atoms with Crippen LogP contribution in [0.2, 0.25) is 0 Å². The van der Waals surface area contributed by atoms with Gasteiger partial charge in [-0.2, -0.15) is 4.31 Å². The van der Waals surface area contributed by atoms with Gasteiger partial charge in [0, 0.05) is 0 Å². The van der Waals surface area contributed by atoms with Crippen LogP contribution in [0.1, 0.15) is 6.23 Å². The second-order valence-electron chi connectivity index (χ2n) is 5.47. The predicted octanol–water partition coefficient (Wildman–Crippen LogP) is -3.04. The van der Waals surface area contributed by atoms with Crippen LogP contribution >= 0.6 is 15.6 Å². The van der Waals surface area contributed by atoms with Gasteiger partial charge in [0.1, 0.15) is 30.2 Å². The number of aliphatic hydroxyl groups is 2. The third-order valence-corrected chi connectivity index (χ3v) is 5.76. The molecule has 0 bridgehead atoms. The van der Waals surface area contributed by atoms with Crippen molar-refractivity contribution < 1.29 is 47.6 Å². The second-order valence-corrected chi connectivity index (χ2v) is 8.30. The maximum absolute atomic E-state index is 11.5. The van der Waals surface area contributed by atoms with Crippen LogP contribution in [0.3, 0.4) is 0 Å². The number of rotatable bonds is 6. The Morgan fingerprint density at radius 2 is 1.79 bits per heavy atom. The van der Waals surface area contributed by atoms with Crippen LogP contribution in [0, 0.1) is 0 Å². The molecule has 1 fully saturated rings. The van der Waals surface area contributed by atoms with Crippen molar-refractivity contribution in [1.82, 2.24) is 19.5 Å². The molecule has 2 aromatic heterocycles. The van der Waals surface area contributed by atoms with E-state index in [1.807, 2.05) is 0 Å². The summed E-state index contributed by atoms with van der Waals surface area (Å²) >= 11 is 0. The Hall–Kier alpha value is 0.490. The molecule has 0 amide bonds. The van der Waals surface area contributed by atoms with Crippen LogP contribution < -0.4 is 5.73 Å². The van der Waals surface area contributed by atoms with Crippen molar-refractivity contribution in [3.05, 3.63) is 12.7 Å². The minimum atomic E-state index is -5.29. The zero-order valence-corrected chi connectivity index (χ0v) is 15.0. The van der Waals surface area contributed by atoms with Crippen molar-refractivity contribution in [1.29, 1.82) is 0 Å². The van der Waals surface area contributed by atoms with Crippen molar-refractivity contribution in [2.24, 2.45) is 0 Å². The molecule has 15 nitrogen and oxygen atoms in total. The number of imidazole rings is 1. The van der Waals surface area contributed by atoms with E-state index in [9.17, 15) is 24.2 Å². The molecule has 154 valence electrons. The van der Waals surface area contributed by atoms with Gasteiger partial charge in [-0.15, -0.1) is 0 Å². The first-order chi connectivity index (χ1) is 12.5. The molecule has 0 radical (unpaired) electrons. The van der Waals surface area contributed by atoms with Crippen LogP contribution in [0.15, 0.2) is 12.7 Å². The molecule has 0 aliphatic carbocycles. The Morgan fingerprint density at radius 1 is 1.14 bits per heavy atom. The number of nitrogens with two attached hydrogens (primary N) is 1. The summed E-state index contributed by atoms with van der Waals surface area (Å²) in [7, 11) is -10.4. The summed E-state index contributed by atoms with van der Waals surface area (Å²) in [4.78, 5) is 38.1. The zero-order valence-electron chi connectivity index (χ0n) is 13.2. The van der Waals surface area contributed by atoms with E-state index in [2.05, 4.69) is 23.8 Å². The second kappa shape index (κ2) is 10.4. The van der Waals surface area contributed by atoms with Gasteiger partial charge in [-0.3, -0.25) is 9.09 Å². The Morgan fingerprint density at radius 3 is 2.41 bits per heavy atom. The standard InChI is InChI=1S/C10H15N5O10P2.2Na.2H/c11-8-5-9(13-2-12-8)15(3-14-5)10-7(17)6(16)4(24-10)1-23-27(21,22)25-26(18,19)20;;;;/h2-4,6-7,10,16-17H,1H2,(H,21,22)(H2,11,12,13)(H2,18,19,20);;;;/t4-,6-,7-,10-;;;;/m1..../s1. The van der Waals surface area contributed by atoms with Crippen LogP contribution in [0.25, 0.3) is 11.2 Å². The molecule has 0 aromatic carbocycles. The Labute approximate surface area is 207 Å². The van der Waals surface area contributed by atoms with Crippen LogP contribution in [-0.4, -0.2) is 128 Å². The van der Waals surface area contributed by atoms with Gasteiger partial charge < -0.3 is 35.4 Å². The van der Waals surface area contributed by atoms with Gasteiger partial charge in [-0.25, -0.2) is 24.1 Å². The number of phosphoric acid groups is 2. The molecule has 0 spiro atoms. The summed E-state index contributed by atoms with van der Waals surface area (Å²) in [5, 5.41) is 20.3. The summed E-state index contributed by atoms with van der Waals surface area (Å²) in [6, 6.07) is 0. The molecule has 1 saturated heterocycles. The SMILES string of the molecule is Nc1ncnc2c1ncn2[C@@H]1O[C@H](COP(=O)(O)OP(=O)(O)O)[C@@H](O)[C@H]1O.[NaH].[NaH]. The molecule has 3 heterocycles. The summed E-state index contributed by atoms with van der Waals surface area (Å²) in [6.45, 7) is -0.813. The predicted molar refractivity (Wildman–Crippen MR) is 98.9 cm³/mol. The van der Waals surface area contributed by atoms with Gasteiger partial charge >= 0.3 is 74.8 Å². The van der Waals surface area contributed by atoms with E-state index in [0.717, 1.165) is 6.33 Å². The number of ether oxygens (including phenoxy) is 1. The van der Waals surface area contributed by atoms with Crippen LogP contribution in [-0.2, 0) is 22.7 Å². The van der Waals surface area contributed by atoms with E-state index >= 15 is 0 Å². The van der Waals surface area contributed by atoms with E-state index in [-0.39, 0.29) is 76.1 Å². The number of hydrogen-bond donors (Lipinski definition) is 6. The van der Waals surface area contributed by atoms with Gasteiger partial charge in [-0.1, -0.05) is 0 Å². The zero-order chi connectivity index (χ0) is 20.0. The fraction of sp³-hybridized carbons (Fsp3) is 0.500. The molecule has 1 aliphatic heterocycles. The van der Waals surface area contributed by atoms with E-state index in [1.54, 1.807) is 0 Å². The molecule has 19 heteroatoms. The van der Waals surface area contributed by atoms with Gasteiger partial charge in [-0.05, 0) is 0 Å². The molecular formula is C10H17N5Na2O10P2. The first-order valence-electron chi connectivity index (χ1n) is 7.17. The minimum absolute atomic E-state index is 0. The average molecular weight is 475 g/mol. The number of aliphatic hydroxyl groups excluding tert-OH is 2. The quantitative estimate of drug-likeness (QED) is 0.180. The van der Waals surface area contributed by atoms with Crippen LogP contribution in [0.4, 0.5) is 5.82 Å². The number of nitrogen functional groups attached to an aromatic ring is 1. The molecule has 2 aromatic rings. The molecule has 7 N–H and O–H groups in total. The van der Waals surface area contributed by atoms with Crippen molar-refractivity contribution >= 4 is 91.7 Å². The normalized spacial score (nSPS) is 26.5. The Kier molecular flexibility index (Phi) is 9.87. The third kappa shape index (κ3) is 6.49. The van der Waals surface area contributed by atoms with Crippen molar-refractivity contribution in [2.45, 2.75) is 24.5 Å². The van der Waals surface area contributed by atoms with Gasteiger partial charge in [0.05, 0.1) is 12.9 Å². The fourth-order valence-corrected chi connectivity index (χ4v) is 4.08. The molecule has 3 rings (SSSR count). The number of hydrogen-bond acceptors (Lipinski definition) is 11. The van der Waals surface area contributed by atoms with E-state index < -0.39 is 46.8 Å². The number of fused-ring (bicyclic) bond motifs is 1. The topological polar surface area (TPSA) is 233 Å². The van der Waals surface area contributed by atoms with E-state index in [1.165, 1.54) is 10.9 Å². The van der Waals surface area contributed by atoms with Gasteiger partial charge in [0.25, 0.3) is 0 Å². The molecule has 0 saturated carbocycles. The maximum atomic E-state index is 11.5. The number of aromatic nitrogens is 4. The van der Waals surface area contributed by atoms with Crippen molar-refractivity contribution in [3.8, 4) is 0 Å². The molecular weight excluding hydrogens is 458 g/mol. The Balaban J connectivity index is 0.00000210. The number of phosphoric ester groups is 1. The van der Waals surface area contributed by atoms with E-state index in [0.29, 0.717) is 0 Å². The molecule has 5 atom stereocenters. The summed E-state index contributed by atoms with van der Waals surface area (Å²) in [5.74, 6) is 0.0856. The fourth-order valence-electron chi connectivity index (χ4n) is 2.48. The van der Waals surface area contributed by atoms with Gasteiger partial charge in [0.2, 0.25) is 0 Å². The third-order valence-electron chi connectivity index (χ3n) is 3.61. The number of anilines is 1. The summed E-state index contributed by atoms with van der Waals surface area (Å²) in [6.07, 6.45) is -3.20. The molecule has 29 heavy (non-hydrogen) atoms. The van der Waals surface area contributed by atoms with Gasteiger partial charge in [0.15, 0.2) is 17.7 Å².